The van der Waals surface area contributed by atoms with Gasteiger partial charge in [-0.05, 0) is 203 Å². The summed E-state index contributed by atoms with van der Waals surface area (Å²) < 4.78 is 0. The van der Waals surface area contributed by atoms with Gasteiger partial charge in [-0.25, -0.2) is 0 Å². The molecule has 0 spiro atoms. The molecule has 0 heteroatoms. The maximum Gasteiger partial charge on any atom is -0.000740 e. The number of rotatable bonds is 5. The third-order valence-electron chi connectivity index (χ3n) is 17.9. The second-order valence-corrected chi connectivity index (χ2v) is 27.3. The molecule has 0 saturated carbocycles. The quantitative estimate of drug-likeness (QED) is 0.151. The van der Waals surface area contributed by atoms with Crippen molar-refractivity contribution in [2.45, 2.75) is 105 Å². The Balaban J connectivity index is 1.21. The smallest absolute Gasteiger partial charge is 0.000740 e. The lowest BCUT2D eigenvalue weighted by Crippen LogP contribution is -2.17. The highest BCUT2D eigenvalue weighted by atomic mass is 14.3. The van der Waals surface area contributed by atoms with E-state index in [1.165, 1.54) is 163 Å². The number of benzene rings is 12. The van der Waals surface area contributed by atoms with Gasteiger partial charge in [-0.3, -0.25) is 0 Å². The lowest BCUT2D eigenvalue weighted by molar-refractivity contribution is 0.568. The molecular formula is C80H70. The highest BCUT2D eigenvalue weighted by molar-refractivity contribution is 6.22. The first kappa shape index (κ1) is 49.9. The molecule has 80 heavy (non-hydrogen) atoms. The molecule has 14 rings (SSSR count). The van der Waals surface area contributed by atoms with Crippen LogP contribution < -0.4 is 0 Å². The van der Waals surface area contributed by atoms with Crippen LogP contribution in [0.3, 0.4) is 0 Å². The minimum atomic E-state index is -0.0523. The number of hydrogen-bond donors (Lipinski definition) is 0. The Bertz CT molecular complexity index is 4830. The Labute approximate surface area is 471 Å². The van der Waals surface area contributed by atoms with Crippen LogP contribution in [0.4, 0.5) is 0 Å². The van der Waals surface area contributed by atoms with Crippen LogP contribution >= 0.6 is 0 Å². The van der Waals surface area contributed by atoms with Crippen molar-refractivity contribution in [1.29, 1.82) is 0 Å². The Morgan fingerprint density at radius 1 is 0.200 bits per heavy atom. The van der Waals surface area contributed by atoms with Crippen LogP contribution in [-0.2, 0) is 21.7 Å². The van der Waals surface area contributed by atoms with Gasteiger partial charge < -0.3 is 0 Å². The highest BCUT2D eigenvalue weighted by Crippen LogP contribution is 2.49. The Hall–Kier alpha value is -8.32. The molecule has 0 radical (unpaired) electrons. The molecule has 0 aromatic heterocycles. The van der Waals surface area contributed by atoms with Gasteiger partial charge in [0.05, 0.1) is 0 Å². The molecular weight excluding hydrogens is 961 g/mol. The molecule has 0 N–H and O–H groups in total. The van der Waals surface area contributed by atoms with Gasteiger partial charge in [0.2, 0.25) is 0 Å². The monoisotopic (exact) mass is 1030 g/mol. The Morgan fingerprint density at radius 2 is 0.525 bits per heavy atom. The van der Waals surface area contributed by atoms with E-state index in [0.717, 1.165) is 0 Å². The van der Waals surface area contributed by atoms with E-state index in [9.17, 15) is 0 Å². The van der Waals surface area contributed by atoms with Crippen LogP contribution in [0.25, 0.3) is 98.7 Å². The summed E-state index contributed by atoms with van der Waals surface area (Å²) in [6.45, 7) is 28.4. The molecule has 2 aliphatic rings. The van der Waals surface area contributed by atoms with Crippen LogP contribution in [0.1, 0.15) is 105 Å². The summed E-state index contributed by atoms with van der Waals surface area (Å²) in [6.07, 6.45) is 0. The predicted molar refractivity (Wildman–Crippen MR) is 342 cm³/mol. The fourth-order valence-corrected chi connectivity index (χ4v) is 13.6. The lowest BCUT2D eigenvalue weighted by atomic mass is 9.77. The van der Waals surface area contributed by atoms with Gasteiger partial charge in [-0.1, -0.05) is 271 Å². The van der Waals surface area contributed by atoms with E-state index in [4.69, 9.17) is 0 Å². The first-order chi connectivity index (χ1) is 38.2. The molecule has 2 aliphatic carbocycles. The summed E-state index contributed by atoms with van der Waals surface area (Å²) >= 11 is 0. The summed E-state index contributed by atoms with van der Waals surface area (Å²) in [5.41, 5.74) is 17.9. The minimum Gasteiger partial charge on any atom is -0.0622 e. The normalized spacial score (nSPS) is 13.0. The van der Waals surface area contributed by atoms with Gasteiger partial charge in [0.25, 0.3) is 0 Å². The zero-order valence-corrected chi connectivity index (χ0v) is 48.6. The van der Waals surface area contributed by atoms with Crippen molar-refractivity contribution in [3.05, 3.63) is 270 Å². The minimum absolute atomic E-state index is 0.0523. The van der Waals surface area contributed by atoms with Crippen LogP contribution in [0.2, 0.25) is 0 Å². The molecule has 0 nitrogen and oxygen atoms in total. The van der Waals surface area contributed by atoms with Crippen LogP contribution in [0.15, 0.2) is 206 Å². The average Bonchev–Trinajstić information content (AvgIpc) is 4.13. The van der Waals surface area contributed by atoms with Gasteiger partial charge in [0.15, 0.2) is 0 Å². The van der Waals surface area contributed by atoms with Crippen molar-refractivity contribution in [1.82, 2.24) is 0 Å². The second kappa shape index (κ2) is 17.6. The molecule has 0 bridgehead atoms. The summed E-state index contributed by atoms with van der Waals surface area (Å²) in [5.74, 6) is 0. The molecule has 0 aliphatic heterocycles. The van der Waals surface area contributed by atoms with Gasteiger partial charge in [0.1, 0.15) is 0 Å². The third kappa shape index (κ3) is 7.77. The van der Waals surface area contributed by atoms with Gasteiger partial charge >= 0.3 is 0 Å². The zero-order chi connectivity index (χ0) is 55.4. The Kier molecular flexibility index (Phi) is 11.0. The van der Waals surface area contributed by atoms with Gasteiger partial charge in [0, 0.05) is 0 Å². The van der Waals surface area contributed by atoms with Crippen LogP contribution in [0, 0.1) is 41.7 Å². The SMILES string of the molecule is CC(C)(C)c1cc(-c2c3c(c(-c4cc(C(C)(C)C)cc(C(C)(C)C)c4)c4ccccc24)=c2ccc4c5c(ccc=3c25)=c2cc3c(-c5ccccc5)c5ccc(-c6ccccc6)cc5c(-c5ccccc5)c3cc2=4)cc(C(C)(C)C)c1. The first-order valence-electron chi connectivity index (χ1n) is 29.0. The van der Waals surface area contributed by atoms with E-state index < -0.39 is 0 Å². The van der Waals surface area contributed by atoms with Gasteiger partial charge in [-0.2, -0.15) is 0 Å². The first-order valence-corrected chi connectivity index (χ1v) is 29.0. The molecule has 0 saturated heterocycles. The van der Waals surface area contributed by atoms with E-state index in [1.807, 2.05) is 0 Å². The molecule has 0 fully saturated rings. The lowest BCUT2D eigenvalue weighted by Gasteiger charge is -2.28. The maximum absolute atomic E-state index is 2.57. The third-order valence-corrected chi connectivity index (χ3v) is 17.9. The molecule has 12 aromatic rings. The standard InChI is InChI=1S/C80H70/c1-77(2,3)53-38-51(39-54(43-53)78(4,5)6)71-57-30-22-23-31-58(57)72(52-40-55(79(7,8)9)44-56(41-52)80(10,11)12)76-63-37-35-60-65-46-68-67(45-64(65)59-34-36-62(75(71)76)74(63)73(59)60)69(48-26-18-14-19-27-48)61-33-32-50(47-24-16-13-17-25-47)42-66(61)70(68)49-28-20-15-21-29-49/h13-46H,1-12H3. The molecule has 0 heterocycles. The predicted octanol–water partition coefficient (Wildman–Crippen LogP) is 21.6. The molecule has 0 unspecified atom stereocenters. The molecule has 390 valence electrons. The van der Waals surface area contributed by atoms with Crippen molar-refractivity contribution < 1.29 is 0 Å². The van der Waals surface area contributed by atoms with E-state index in [0.29, 0.717) is 0 Å². The van der Waals surface area contributed by atoms with E-state index in [-0.39, 0.29) is 21.7 Å². The maximum atomic E-state index is 2.57. The van der Waals surface area contributed by atoms with E-state index in [1.54, 1.807) is 0 Å². The highest BCUT2D eigenvalue weighted by Gasteiger charge is 2.28. The second-order valence-electron chi connectivity index (χ2n) is 27.3. The molecule has 12 aromatic carbocycles. The van der Waals surface area contributed by atoms with Crippen molar-refractivity contribution in [3.8, 4) is 55.6 Å². The van der Waals surface area contributed by atoms with E-state index in [2.05, 4.69) is 289 Å². The number of hydrogen-bond acceptors (Lipinski definition) is 0. The van der Waals surface area contributed by atoms with E-state index >= 15 is 0 Å². The zero-order valence-electron chi connectivity index (χ0n) is 48.6. The van der Waals surface area contributed by atoms with Crippen molar-refractivity contribution in [3.63, 3.8) is 0 Å². The number of fused-ring (bicyclic) bond motifs is 5. The fraction of sp³-hybridized carbons (Fsp3) is 0.200. The summed E-state index contributed by atoms with van der Waals surface area (Å²) in [4.78, 5) is 0. The fourth-order valence-electron chi connectivity index (χ4n) is 13.6. The van der Waals surface area contributed by atoms with Crippen LogP contribution in [0.5, 0.6) is 0 Å². The molecule has 0 amide bonds. The van der Waals surface area contributed by atoms with Crippen molar-refractivity contribution in [2.24, 2.45) is 0 Å². The average molecular weight is 1030 g/mol. The van der Waals surface area contributed by atoms with Crippen molar-refractivity contribution in [2.75, 3.05) is 0 Å². The Morgan fingerprint density at radius 3 is 0.925 bits per heavy atom. The van der Waals surface area contributed by atoms with Crippen molar-refractivity contribution >= 4 is 43.1 Å². The summed E-state index contributed by atoms with van der Waals surface area (Å²) in [5, 5.41) is 21.0. The molecule has 0 atom stereocenters. The van der Waals surface area contributed by atoms with Gasteiger partial charge in [-0.15, -0.1) is 0 Å². The summed E-state index contributed by atoms with van der Waals surface area (Å²) in [7, 11) is 0. The largest absolute Gasteiger partial charge is 0.0622 e. The summed E-state index contributed by atoms with van der Waals surface area (Å²) in [6, 6.07) is 79.7. The topological polar surface area (TPSA) is 0 Å². The van der Waals surface area contributed by atoms with Crippen LogP contribution in [-0.4, -0.2) is 0 Å².